The molecule has 8 nitrogen and oxygen atoms in total. The molecule has 0 aliphatic carbocycles. The minimum Gasteiger partial charge on any atom is -0.394 e. The van der Waals surface area contributed by atoms with E-state index >= 15 is 0 Å². The average Bonchev–Trinajstić information content (AvgIpc) is 3.44. The summed E-state index contributed by atoms with van der Waals surface area (Å²) in [4.78, 5) is 45.8. The van der Waals surface area contributed by atoms with E-state index in [9.17, 15) is 19.5 Å². The van der Waals surface area contributed by atoms with Crippen molar-refractivity contribution in [1.82, 2.24) is 14.7 Å². The van der Waals surface area contributed by atoms with Crippen molar-refractivity contribution in [3.05, 3.63) is 25.3 Å². The van der Waals surface area contributed by atoms with Gasteiger partial charge in [0.1, 0.15) is 11.6 Å². The highest BCUT2D eigenvalue weighted by atomic mass is 16.5. The van der Waals surface area contributed by atoms with Gasteiger partial charge in [0.15, 0.2) is 0 Å². The quantitative estimate of drug-likeness (QED) is 0.352. The smallest absolute Gasteiger partial charge is 0.248 e. The highest BCUT2D eigenvalue weighted by Crippen LogP contribution is 2.59. The molecule has 1 spiro atoms. The molecule has 3 amide bonds. The lowest BCUT2D eigenvalue weighted by Gasteiger charge is -2.38. The lowest BCUT2D eigenvalue weighted by atomic mass is 9.70. The molecule has 3 aliphatic rings. The molecule has 3 rings (SSSR count). The van der Waals surface area contributed by atoms with Crippen molar-refractivity contribution in [2.24, 2.45) is 11.8 Å². The first-order valence-corrected chi connectivity index (χ1v) is 12.1. The second-order valence-electron chi connectivity index (χ2n) is 9.62. The number of ether oxygens (including phenoxy) is 1. The highest BCUT2D eigenvalue weighted by Gasteiger charge is 2.75. The number of carbonyl (C=O) groups is 3. The van der Waals surface area contributed by atoms with Gasteiger partial charge in [0.05, 0.1) is 30.6 Å². The molecule has 8 heteroatoms. The van der Waals surface area contributed by atoms with Crippen LogP contribution in [0.3, 0.4) is 0 Å². The number of rotatable bonds is 12. The molecule has 0 aromatic heterocycles. The molecule has 3 aliphatic heterocycles. The Hall–Kier alpha value is -2.19. The van der Waals surface area contributed by atoms with Crippen LogP contribution in [0.4, 0.5) is 0 Å². The monoisotopic (exact) mass is 461 g/mol. The molecule has 0 radical (unpaired) electrons. The molecule has 3 heterocycles. The highest BCUT2D eigenvalue weighted by molar-refractivity contribution is 5.99. The zero-order valence-corrected chi connectivity index (χ0v) is 20.2. The fourth-order valence-electron chi connectivity index (χ4n) is 5.93. The Balaban J connectivity index is 2.00. The van der Waals surface area contributed by atoms with Gasteiger partial charge in [-0.25, -0.2) is 0 Å². The van der Waals surface area contributed by atoms with Gasteiger partial charge in [-0.2, -0.15) is 0 Å². The first kappa shape index (κ1) is 25.4. The van der Waals surface area contributed by atoms with Crippen molar-refractivity contribution in [1.29, 1.82) is 0 Å². The third kappa shape index (κ3) is 4.23. The number of carbonyl (C=O) groups excluding carboxylic acids is 3. The van der Waals surface area contributed by atoms with Gasteiger partial charge in [-0.3, -0.25) is 14.4 Å². The van der Waals surface area contributed by atoms with E-state index < -0.39 is 29.5 Å². The van der Waals surface area contributed by atoms with Crippen molar-refractivity contribution in [2.75, 3.05) is 33.3 Å². The summed E-state index contributed by atoms with van der Waals surface area (Å²) < 4.78 is 6.44. The number of aliphatic hydroxyl groups is 1. The van der Waals surface area contributed by atoms with Gasteiger partial charge in [-0.15, -0.1) is 13.2 Å². The Morgan fingerprint density at radius 3 is 2.58 bits per heavy atom. The number of likely N-dealkylation sites (tertiary alicyclic amines) is 1. The van der Waals surface area contributed by atoms with Gasteiger partial charge < -0.3 is 24.5 Å². The van der Waals surface area contributed by atoms with Crippen molar-refractivity contribution in [2.45, 2.75) is 69.7 Å². The van der Waals surface area contributed by atoms with Crippen LogP contribution in [0.25, 0.3) is 0 Å². The fraction of sp³-hybridized carbons (Fsp3) is 0.720. The SMILES string of the molecule is C=CCN(C)C(=O)[C@@H]1[C@H]2C(=O)N([C@H](C)CO)C(C(=O)N(CC=C)CCCCC)C23CC[C@H]1O3. The summed E-state index contributed by atoms with van der Waals surface area (Å²) >= 11 is 0. The number of hydrogen-bond acceptors (Lipinski definition) is 5. The summed E-state index contributed by atoms with van der Waals surface area (Å²) in [6, 6.07) is -1.41. The normalized spacial score (nSPS) is 30.8. The van der Waals surface area contributed by atoms with Crippen LogP contribution in [-0.4, -0.2) is 94.6 Å². The molecule has 184 valence electrons. The molecule has 2 unspecified atom stereocenters. The van der Waals surface area contributed by atoms with E-state index in [0.29, 0.717) is 32.5 Å². The van der Waals surface area contributed by atoms with E-state index in [0.717, 1.165) is 19.3 Å². The Kier molecular flexibility index (Phi) is 8.00. The number of aliphatic hydroxyl groups excluding tert-OH is 1. The van der Waals surface area contributed by atoms with E-state index in [1.165, 1.54) is 4.90 Å². The molecule has 0 aromatic rings. The average molecular weight is 462 g/mol. The van der Waals surface area contributed by atoms with Gasteiger partial charge in [0.25, 0.3) is 0 Å². The summed E-state index contributed by atoms with van der Waals surface area (Å²) in [5.74, 6) is -1.96. The van der Waals surface area contributed by atoms with Gasteiger partial charge in [-0.05, 0) is 26.2 Å². The number of likely N-dealkylation sites (N-methyl/N-ethyl adjacent to an activating group) is 1. The Morgan fingerprint density at radius 2 is 1.97 bits per heavy atom. The second kappa shape index (κ2) is 10.4. The molecule has 2 bridgehead atoms. The number of amides is 3. The standard InChI is InChI=1S/C25H39N3O5/c1-6-9-10-15-27(14-8-3)24(32)21-25-12-11-18(33-25)19(22(30)26(5)13-7-2)20(25)23(31)28(21)17(4)16-29/h7-8,17-21,29H,2-3,6,9-16H2,1,4-5H3/t17-,18-,19+,20+,21?,25?/m1/s1. The van der Waals surface area contributed by atoms with Crippen LogP contribution >= 0.6 is 0 Å². The summed E-state index contributed by atoms with van der Waals surface area (Å²) in [6.07, 6.45) is 7.03. The number of hydrogen-bond donors (Lipinski definition) is 1. The number of fused-ring (bicyclic) bond motifs is 1. The molecular weight excluding hydrogens is 422 g/mol. The van der Waals surface area contributed by atoms with Crippen LogP contribution in [0.1, 0.15) is 46.0 Å². The molecule has 3 saturated heterocycles. The van der Waals surface area contributed by atoms with Crippen molar-refractivity contribution < 1.29 is 24.2 Å². The summed E-state index contributed by atoms with van der Waals surface area (Å²) in [5, 5.41) is 9.93. The minimum absolute atomic E-state index is 0.157. The predicted molar refractivity (Wildman–Crippen MR) is 125 cm³/mol. The maximum atomic E-state index is 14.0. The van der Waals surface area contributed by atoms with E-state index in [4.69, 9.17) is 4.74 Å². The molecule has 1 N–H and O–H groups in total. The topological polar surface area (TPSA) is 90.4 Å². The van der Waals surface area contributed by atoms with Crippen LogP contribution in [0, 0.1) is 11.8 Å². The Bertz CT molecular complexity index is 786. The Labute approximate surface area is 197 Å². The zero-order chi connectivity index (χ0) is 24.3. The first-order valence-electron chi connectivity index (χ1n) is 12.1. The van der Waals surface area contributed by atoms with Crippen molar-refractivity contribution in [3.8, 4) is 0 Å². The first-order chi connectivity index (χ1) is 15.8. The second-order valence-corrected chi connectivity index (χ2v) is 9.62. The molecular formula is C25H39N3O5. The fourth-order valence-corrected chi connectivity index (χ4v) is 5.93. The third-order valence-electron chi connectivity index (χ3n) is 7.47. The molecule has 3 fully saturated rings. The van der Waals surface area contributed by atoms with Crippen LogP contribution < -0.4 is 0 Å². The molecule has 6 atom stereocenters. The molecule has 0 aromatic carbocycles. The van der Waals surface area contributed by atoms with Gasteiger partial charge in [0, 0.05) is 26.7 Å². The largest absolute Gasteiger partial charge is 0.394 e. The van der Waals surface area contributed by atoms with Crippen LogP contribution in [0.2, 0.25) is 0 Å². The molecule has 33 heavy (non-hydrogen) atoms. The zero-order valence-electron chi connectivity index (χ0n) is 20.2. The third-order valence-corrected chi connectivity index (χ3v) is 7.47. The molecule has 0 saturated carbocycles. The number of nitrogens with zero attached hydrogens (tertiary/aromatic N) is 3. The predicted octanol–water partition coefficient (Wildman–Crippen LogP) is 1.59. The summed E-state index contributed by atoms with van der Waals surface area (Å²) in [7, 11) is 1.69. The summed E-state index contributed by atoms with van der Waals surface area (Å²) in [6.45, 7) is 12.4. The lowest BCUT2D eigenvalue weighted by Crippen LogP contribution is -2.58. The van der Waals surface area contributed by atoms with E-state index in [1.54, 1.807) is 35.9 Å². The van der Waals surface area contributed by atoms with Crippen molar-refractivity contribution in [3.63, 3.8) is 0 Å². The van der Waals surface area contributed by atoms with Gasteiger partial charge >= 0.3 is 0 Å². The lowest BCUT2D eigenvalue weighted by molar-refractivity contribution is -0.151. The van der Waals surface area contributed by atoms with E-state index in [2.05, 4.69) is 20.1 Å². The van der Waals surface area contributed by atoms with Crippen molar-refractivity contribution >= 4 is 17.7 Å². The maximum absolute atomic E-state index is 14.0. The van der Waals surface area contributed by atoms with Crippen LogP contribution in [0.5, 0.6) is 0 Å². The Morgan fingerprint density at radius 1 is 1.27 bits per heavy atom. The van der Waals surface area contributed by atoms with Gasteiger partial charge in [-0.1, -0.05) is 31.9 Å². The van der Waals surface area contributed by atoms with E-state index in [-0.39, 0.29) is 30.4 Å². The van der Waals surface area contributed by atoms with Crippen LogP contribution in [0.15, 0.2) is 25.3 Å². The number of unbranched alkanes of at least 4 members (excludes halogenated alkanes) is 2. The minimum atomic E-state index is -1.04. The van der Waals surface area contributed by atoms with Crippen LogP contribution in [-0.2, 0) is 19.1 Å². The summed E-state index contributed by atoms with van der Waals surface area (Å²) in [5.41, 5.74) is -1.04. The van der Waals surface area contributed by atoms with E-state index in [1.807, 2.05) is 0 Å². The maximum Gasteiger partial charge on any atom is 0.248 e. The van der Waals surface area contributed by atoms with Gasteiger partial charge in [0.2, 0.25) is 17.7 Å².